The Hall–Kier alpha value is -3.61. The normalized spacial score (nSPS) is 24.7. The molecule has 3 aromatic rings. The minimum Gasteiger partial charge on any atom is -0.379 e. The molecule has 4 fully saturated rings. The number of likely N-dealkylation sites (N-methyl/N-ethyl adjacent to an activating group) is 1. The SMILES string of the molecule is CN1CC(Nc2cnn(C)c(=O)c2Br)CC(c2ccc(CN3CCC4(CC3)CCN(c3ccc(F)c(C5CCC(=O)NC5=O)c3)CC4)cc2)C1. The molecule has 266 valence electrons. The summed E-state index contributed by atoms with van der Waals surface area (Å²) in [6.07, 6.45) is 7.88. The summed E-state index contributed by atoms with van der Waals surface area (Å²) in [7, 11) is 3.81. The van der Waals surface area contributed by atoms with Gasteiger partial charge in [-0.1, -0.05) is 24.3 Å². The topological polar surface area (TPSA) is 103 Å². The van der Waals surface area contributed by atoms with E-state index in [1.807, 2.05) is 12.1 Å². The zero-order valence-electron chi connectivity index (χ0n) is 29.0. The number of imide groups is 1. The molecule has 5 heterocycles. The molecule has 0 saturated carbocycles. The van der Waals surface area contributed by atoms with Crippen LogP contribution >= 0.6 is 15.9 Å². The predicted octanol–water partition coefficient (Wildman–Crippen LogP) is 4.98. The summed E-state index contributed by atoms with van der Waals surface area (Å²) < 4.78 is 16.6. The molecule has 2 amide bonds. The molecule has 10 nitrogen and oxygen atoms in total. The summed E-state index contributed by atoms with van der Waals surface area (Å²) in [5.41, 5.74) is 4.99. The lowest BCUT2D eigenvalue weighted by molar-refractivity contribution is -0.134. The summed E-state index contributed by atoms with van der Waals surface area (Å²) in [6.45, 7) is 6.89. The van der Waals surface area contributed by atoms with Crippen LogP contribution in [-0.2, 0) is 23.2 Å². The maximum absolute atomic E-state index is 14.8. The van der Waals surface area contributed by atoms with Crippen LogP contribution in [-0.4, -0.2) is 83.8 Å². The van der Waals surface area contributed by atoms with Gasteiger partial charge in [-0.25, -0.2) is 9.07 Å². The van der Waals surface area contributed by atoms with E-state index < -0.39 is 11.8 Å². The van der Waals surface area contributed by atoms with Gasteiger partial charge in [0.05, 0.1) is 17.8 Å². The van der Waals surface area contributed by atoms with Crippen molar-refractivity contribution in [2.45, 2.75) is 69.4 Å². The Kier molecular flexibility index (Phi) is 10.1. The molecule has 1 spiro atoms. The molecular formula is C38H47BrFN7O3. The van der Waals surface area contributed by atoms with Crippen molar-refractivity contribution in [1.29, 1.82) is 0 Å². The third-order valence-electron chi connectivity index (χ3n) is 11.6. The molecule has 12 heteroatoms. The fourth-order valence-corrected chi connectivity index (χ4v) is 9.03. The summed E-state index contributed by atoms with van der Waals surface area (Å²) >= 11 is 3.45. The van der Waals surface area contributed by atoms with E-state index in [0.717, 1.165) is 76.5 Å². The van der Waals surface area contributed by atoms with Crippen LogP contribution in [0.15, 0.2) is 57.9 Å². The highest BCUT2D eigenvalue weighted by molar-refractivity contribution is 9.10. The van der Waals surface area contributed by atoms with Crippen molar-refractivity contribution in [2.24, 2.45) is 12.5 Å². The van der Waals surface area contributed by atoms with E-state index in [9.17, 15) is 18.8 Å². The van der Waals surface area contributed by atoms with Gasteiger partial charge in [0.1, 0.15) is 10.3 Å². The number of anilines is 2. The number of aryl methyl sites for hydroxylation is 1. The van der Waals surface area contributed by atoms with Crippen molar-refractivity contribution < 1.29 is 14.0 Å². The third kappa shape index (κ3) is 7.52. The standard InChI is InChI=1S/C38H47BrFN7O3/c1-44-23-27(19-28(24-44)42-33-21-41-45(2)37(50)35(33)39)26-5-3-25(4-6-26)22-46-15-11-38(12-16-46)13-17-47(18-14-38)29-7-9-32(40)31(20-29)30-8-10-34(48)43-36(30)49/h3-7,9,20-21,27-28,30,42H,8,10-19,22-24H2,1-2H3,(H,43,48,49). The lowest BCUT2D eigenvalue weighted by Gasteiger charge is -2.47. The Bertz CT molecular complexity index is 1780. The van der Waals surface area contributed by atoms with Gasteiger partial charge in [0.2, 0.25) is 11.8 Å². The van der Waals surface area contributed by atoms with Crippen molar-refractivity contribution in [3.8, 4) is 0 Å². The minimum atomic E-state index is -0.618. The maximum Gasteiger partial charge on any atom is 0.282 e. The second kappa shape index (κ2) is 14.6. The first kappa shape index (κ1) is 34.8. The molecule has 0 bridgehead atoms. The molecule has 4 saturated heterocycles. The van der Waals surface area contributed by atoms with Gasteiger partial charge in [-0.15, -0.1) is 0 Å². The van der Waals surface area contributed by atoms with Gasteiger partial charge < -0.3 is 15.1 Å². The first-order valence-electron chi connectivity index (χ1n) is 17.9. The number of nitrogens with one attached hydrogen (secondary N) is 2. The van der Waals surface area contributed by atoms with Gasteiger partial charge in [-0.2, -0.15) is 5.10 Å². The van der Waals surface area contributed by atoms with E-state index in [1.165, 1.54) is 34.7 Å². The third-order valence-corrected chi connectivity index (χ3v) is 12.4. The van der Waals surface area contributed by atoms with Crippen molar-refractivity contribution in [3.05, 3.63) is 86.0 Å². The van der Waals surface area contributed by atoms with Crippen LogP contribution in [0.2, 0.25) is 0 Å². The van der Waals surface area contributed by atoms with Gasteiger partial charge >= 0.3 is 0 Å². The highest BCUT2D eigenvalue weighted by atomic mass is 79.9. The number of halogens is 2. The quantitative estimate of drug-likeness (QED) is 0.327. The fourth-order valence-electron chi connectivity index (χ4n) is 8.56. The highest BCUT2D eigenvalue weighted by Gasteiger charge is 2.38. The number of likely N-dealkylation sites (tertiary alicyclic amines) is 2. The molecule has 4 aliphatic rings. The molecule has 4 aliphatic heterocycles. The van der Waals surface area contributed by atoms with Crippen LogP contribution in [0, 0.1) is 11.2 Å². The Labute approximate surface area is 301 Å². The van der Waals surface area contributed by atoms with Crippen LogP contribution in [0.3, 0.4) is 0 Å². The van der Waals surface area contributed by atoms with E-state index in [-0.39, 0.29) is 29.7 Å². The molecule has 2 aromatic carbocycles. The number of carbonyl (C=O) groups is 2. The number of nitrogens with zero attached hydrogens (tertiary/aromatic N) is 5. The lowest BCUT2D eigenvalue weighted by Crippen LogP contribution is -2.46. The first-order chi connectivity index (χ1) is 24.1. The summed E-state index contributed by atoms with van der Waals surface area (Å²) in [4.78, 5) is 43.7. The van der Waals surface area contributed by atoms with Gasteiger partial charge in [-0.05, 0) is 115 Å². The second-order valence-corrected chi connectivity index (χ2v) is 15.8. The molecule has 7 rings (SSSR count). The van der Waals surface area contributed by atoms with Crippen LogP contribution in [0.25, 0.3) is 0 Å². The van der Waals surface area contributed by atoms with Gasteiger partial charge in [-0.3, -0.25) is 24.6 Å². The number of piperidine rings is 4. The van der Waals surface area contributed by atoms with E-state index in [0.29, 0.717) is 27.8 Å². The highest BCUT2D eigenvalue weighted by Crippen LogP contribution is 2.43. The van der Waals surface area contributed by atoms with Crippen molar-refractivity contribution in [1.82, 2.24) is 24.9 Å². The number of benzene rings is 2. The average molecular weight is 749 g/mol. The number of carbonyl (C=O) groups excluding carboxylic acids is 2. The zero-order chi connectivity index (χ0) is 35.0. The second-order valence-electron chi connectivity index (χ2n) is 15.0. The largest absolute Gasteiger partial charge is 0.379 e. The zero-order valence-corrected chi connectivity index (χ0v) is 30.6. The summed E-state index contributed by atoms with van der Waals surface area (Å²) in [5.74, 6) is -1.29. The van der Waals surface area contributed by atoms with Gasteiger partial charge in [0.25, 0.3) is 5.56 Å². The molecule has 3 atom stereocenters. The number of hydrogen-bond acceptors (Lipinski definition) is 8. The van der Waals surface area contributed by atoms with Crippen LogP contribution in [0.1, 0.15) is 73.5 Å². The predicted molar refractivity (Wildman–Crippen MR) is 196 cm³/mol. The first-order valence-corrected chi connectivity index (χ1v) is 18.7. The van der Waals surface area contributed by atoms with E-state index in [4.69, 9.17) is 0 Å². The molecular weight excluding hydrogens is 701 g/mol. The van der Waals surface area contributed by atoms with E-state index >= 15 is 0 Å². The minimum absolute atomic E-state index is 0.147. The van der Waals surface area contributed by atoms with Crippen LogP contribution < -0.4 is 21.1 Å². The smallest absolute Gasteiger partial charge is 0.282 e. The number of rotatable bonds is 7. The number of hydrogen-bond donors (Lipinski definition) is 2. The van der Waals surface area contributed by atoms with Gasteiger partial charge in [0.15, 0.2) is 0 Å². The fraction of sp³-hybridized carbons (Fsp3) is 0.526. The van der Waals surface area contributed by atoms with Gasteiger partial charge in [0, 0.05) is 63.5 Å². The Morgan fingerprint density at radius 3 is 2.42 bits per heavy atom. The van der Waals surface area contributed by atoms with E-state index in [2.05, 4.69) is 77.7 Å². The Morgan fingerprint density at radius 2 is 1.70 bits per heavy atom. The van der Waals surface area contributed by atoms with Crippen LogP contribution in [0.4, 0.5) is 15.8 Å². The van der Waals surface area contributed by atoms with E-state index in [1.54, 1.807) is 13.2 Å². The summed E-state index contributed by atoms with van der Waals surface area (Å²) in [5, 5.41) is 10.1. The molecule has 50 heavy (non-hydrogen) atoms. The molecule has 0 aliphatic carbocycles. The monoisotopic (exact) mass is 747 g/mol. The van der Waals surface area contributed by atoms with Crippen LogP contribution in [0.5, 0.6) is 0 Å². The number of amides is 2. The van der Waals surface area contributed by atoms with Crippen molar-refractivity contribution >= 4 is 39.1 Å². The maximum atomic E-state index is 14.8. The molecule has 0 radical (unpaired) electrons. The van der Waals surface area contributed by atoms with Crippen molar-refractivity contribution in [2.75, 3.05) is 56.5 Å². The number of aromatic nitrogens is 2. The molecule has 2 N–H and O–H groups in total. The molecule has 3 unspecified atom stereocenters. The molecule has 1 aromatic heterocycles. The lowest BCUT2D eigenvalue weighted by atomic mass is 9.71. The summed E-state index contributed by atoms with van der Waals surface area (Å²) in [6, 6.07) is 14.5. The van der Waals surface area contributed by atoms with Crippen molar-refractivity contribution in [3.63, 3.8) is 0 Å². The Morgan fingerprint density at radius 1 is 0.980 bits per heavy atom. The Balaban J connectivity index is 0.900. The average Bonchev–Trinajstić information content (AvgIpc) is 3.11.